The van der Waals surface area contributed by atoms with Gasteiger partial charge in [0, 0.05) is 5.56 Å². The Hall–Kier alpha value is -1.16. The first-order valence-electron chi connectivity index (χ1n) is 4.75. The van der Waals surface area contributed by atoms with Gasteiger partial charge < -0.3 is 4.74 Å². The van der Waals surface area contributed by atoms with Gasteiger partial charge in [-0.15, -0.1) is 6.58 Å². The second-order valence-electron chi connectivity index (χ2n) is 3.77. The van der Waals surface area contributed by atoms with Gasteiger partial charge in [0.1, 0.15) is 0 Å². The molecule has 1 atom stereocenters. The molecule has 0 aliphatic heterocycles. The van der Waals surface area contributed by atoms with Crippen LogP contribution in [0.2, 0.25) is 0 Å². The van der Waals surface area contributed by atoms with Gasteiger partial charge >= 0.3 is 0 Å². The number of hydrogen-bond acceptors (Lipinski definition) is 3. The smallest absolute Gasteiger partial charge is 0.217 e. The van der Waals surface area contributed by atoms with Crippen molar-refractivity contribution >= 4 is 0 Å². The van der Waals surface area contributed by atoms with Crippen molar-refractivity contribution in [3.8, 4) is 0 Å². The number of rotatable bonds is 5. The van der Waals surface area contributed by atoms with Crippen molar-refractivity contribution < 1.29 is 14.9 Å². The zero-order valence-electron chi connectivity index (χ0n) is 9.01. The molecule has 1 aromatic carbocycles. The molecule has 0 radical (unpaired) electrons. The van der Waals surface area contributed by atoms with Crippen LogP contribution in [0.25, 0.3) is 0 Å². The summed E-state index contributed by atoms with van der Waals surface area (Å²) in [5.41, 5.74) is 0.207. The Morgan fingerprint density at radius 1 is 1.33 bits per heavy atom. The van der Waals surface area contributed by atoms with Crippen molar-refractivity contribution in [1.29, 1.82) is 0 Å². The molecular formula is C12H16O3. The molecule has 15 heavy (non-hydrogen) atoms. The molecule has 0 fully saturated rings. The molecule has 0 aromatic heterocycles. The fraction of sp³-hybridized carbons (Fsp3) is 0.333. The number of hydrogen-bond donors (Lipinski definition) is 1. The van der Waals surface area contributed by atoms with Crippen LogP contribution in [0.1, 0.15) is 25.7 Å². The molecule has 3 heteroatoms. The summed E-state index contributed by atoms with van der Waals surface area (Å²) >= 11 is 0. The molecule has 0 aliphatic carbocycles. The number of ether oxygens (including phenoxy) is 1. The third kappa shape index (κ3) is 3.47. The molecule has 0 saturated heterocycles. The van der Waals surface area contributed by atoms with Crippen LogP contribution in [0.4, 0.5) is 0 Å². The lowest BCUT2D eigenvalue weighted by Crippen LogP contribution is -2.24. The van der Waals surface area contributed by atoms with Gasteiger partial charge in [-0.3, -0.25) is 0 Å². The van der Waals surface area contributed by atoms with E-state index in [1.54, 1.807) is 6.08 Å². The van der Waals surface area contributed by atoms with Gasteiger partial charge in [-0.05, 0) is 13.8 Å². The van der Waals surface area contributed by atoms with Crippen LogP contribution in [-0.2, 0) is 9.62 Å². The van der Waals surface area contributed by atoms with E-state index in [4.69, 9.17) is 9.99 Å². The highest BCUT2D eigenvalue weighted by Gasteiger charge is 2.22. The summed E-state index contributed by atoms with van der Waals surface area (Å²) in [5, 5.41) is 8.78. The minimum atomic E-state index is -0.792. The first-order chi connectivity index (χ1) is 7.09. The molecule has 1 unspecified atom stereocenters. The Balaban J connectivity index is 2.77. The normalized spacial score (nSPS) is 13.5. The molecule has 1 N–H and O–H groups in total. The SMILES string of the molecule is C=CC(C)(C)OC(OO)c1ccccc1. The predicted octanol–water partition coefficient (Wildman–Crippen LogP) is 3.16. The standard InChI is InChI=1S/C12H16O3/c1-4-12(2,3)14-11(15-13)10-8-6-5-7-9-10/h4-9,11,13H,1H2,2-3H3. The lowest BCUT2D eigenvalue weighted by atomic mass is 10.1. The highest BCUT2D eigenvalue weighted by atomic mass is 17.1. The van der Waals surface area contributed by atoms with Crippen LogP contribution < -0.4 is 0 Å². The van der Waals surface area contributed by atoms with E-state index in [1.807, 2.05) is 44.2 Å². The van der Waals surface area contributed by atoms with E-state index < -0.39 is 11.9 Å². The Bertz CT molecular complexity index is 306. The van der Waals surface area contributed by atoms with Crippen molar-refractivity contribution in [1.82, 2.24) is 0 Å². The topological polar surface area (TPSA) is 38.7 Å². The first kappa shape index (κ1) is 11.9. The second-order valence-corrected chi connectivity index (χ2v) is 3.77. The summed E-state index contributed by atoms with van der Waals surface area (Å²) < 4.78 is 5.53. The molecule has 0 heterocycles. The zero-order chi connectivity index (χ0) is 11.3. The van der Waals surface area contributed by atoms with Crippen LogP contribution in [-0.4, -0.2) is 10.9 Å². The van der Waals surface area contributed by atoms with Crippen molar-refractivity contribution in [3.05, 3.63) is 48.6 Å². The molecular weight excluding hydrogens is 192 g/mol. The van der Waals surface area contributed by atoms with Crippen molar-refractivity contribution in [2.75, 3.05) is 0 Å². The maximum absolute atomic E-state index is 8.78. The maximum atomic E-state index is 8.78. The molecule has 0 spiro atoms. The highest BCUT2D eigenvalue weighted by molar-refractivity contribution is 5.16. The zero-order valence-corrected chi connectivity index (χ0v) is 9.01. The van der Waals surface area contributed by atoms with Gasteiger partial charge in [-0.1, -0.05) is 36.4 Å². The molecule has 1 rings (SSSR count). The predicted molar refractivity (Wildman–Crippen MR) is 58.3 cm³/mol. The Morgan fingerprint density at radius 2 is 1.93 bits per heavy atom. The molecule has 82 valence electrons. The van der Waals surface area contributed by atoms with E-state index in [1.165, 1.54) is 0 Å². The highest BCUT2D eigenvalue weighted by Crippen LogP contribution is 2.24. The summed E-state index contributed by atoms with van der Waals surface area (Å²) in [6, 6.07) is 9.23. The molecule has 1 aromatic rings. The van der Waals surface area contributed by atoms with Gasteiger partial charge in [0.05, 0.1) is 5.60 Å². The fourth-order valence-electron chi connectivity index (χ4n) is 1.08. The van der Waals surface area contributed by atoms with E-state index in [0.29, 0.717) is 0 Å². The summed E-state index contributed by atoms with van der Waals surface area (Å²) in [6.07, 6.45) is 0.862. The van der Waals surface area contributed by atoms with E-state index in [9.17, 15) is 0 Å². The lowest BCUT2D eigenvalue weighted by molar-refractivity contribution is -0.364. The summed E-state index contributed by atoms with van der Waals surface area (Å²) in [5.74, 6) is 0. The molecule has 0 amide bonds. The van der Waals surface area contributed by atoms with Gasteiger partial charge in [0.25, 0.3) is 0 Å². The van der Waals surface area contributed by atoms with Crippen LogP contribution in [0.3, 0.4) is 0 Å². The summed E-state index contributed by atoms with van der Waals surface area (Å²) in [6.45, 7) is 7.34. The third-order valence-electron chi connectivity index (χ3n) is 2.07. The fourth-order valence-corrected chi connectivity index (χ4v) is 1.08. The van der Waals surface area contributed by atoms with Crippen LogP contribution in [0, 0.1) is 0 Å². The second kappa shape index (κ2) is 5.07. The first-order valence-corrected chi connectivity index (χ1v) is 4.75. The Labute approximate surface area is 89.9 Å². The van der Waals surface area contributed by atoms with E-state index in [2.05, 4.69) is 11.5 Å². The molecule has 0 saturated carbocycles. The quantitative estimate of drug-likeness (QED) is 0.349. The average Bonchev–Trinajstić information content (AvgIpc) is 2.27. The van der Waals surface area contributed by atoms with Crippen molar-refractivity contribution in [2.45, 2.75) is 25.7 Å². The minimum Gasteiger partial charge on any atom is -0.336 e. The average molecular weight is 208 g/mol. The van der Waals surface area contributed by atoms with Gasteiger partial charge in [0.2, 0.25) is 6.29 Å². The van der Waals surface area contributed by atoms with E-state index in [-0.39, 0.29) is 0 Å². The van der Waals surface area contributed by atoms with Crippen LogP contribution in [0.5, 0.6) is 0 Å². The summed E-state index contributed by atoms with van der Waals surface area (Å²) in [7, 11) is 0. The Morgan fingerprint density at radius 3 is 2.40 bits per heavy atom. The van der Waals surface area contributed by atoms with Crippen LogP contribution >= 0.6 is 0 Å². The van der Waals surface area contributed by atoms with E-state index in [0.717, 1.165) is 5.56 Å². The molecule has 0 bridgehead atoms. The largest absolute Gasteiger partial charge is 0.336 e. The molecule has 3 nitrogen and oxygen atoms in total. The maximum Gasteiger partial charge on any atom is 0.217 e. The molecule has 0 aliphatic rings. The monoisotopic (exact) mass is 208 g/mol. The van der Waals surface area contributed by atoms with Gasteiger partial charge in [0.15, 0.2) is 0 Å². The van der Waals surface area contributed by atoms with E-state index >= 15 is 0 Å². The number of benzene rings is 1. The van der Waals surface area contributed by atoms with Gasteiger partial charge in [-0.2, -0.15) is 0 Å². The van der Waals surface area contributed by atoms with Crippen LogP contribution in [0.15, 0.2) is 43.0 Å². The third-order valence-corrected chi connectivity index (χ3v) is 2.07. The van der Waals surface area contributed by atoms with Crippen molar-refractivity contribution in [3.63, 3.8) is 0 Å². The van der Waals surface area contributed by atoms with Crippen molar-refractivity contribution in [2.24, 2.45) is 0 Å². The summed E-state index contributed by atoms with van der Waals surface area (Å²) in [4.78, 5) is 4.30. The lowest BCUT2D eigenvalue weighted by Gasteiger charge is -2.26. The Kier molecular flexibility index (Phi) is 4.03. The van der Waals surface area contributed by atoms with Gasteiger partial charge in [-0.25, -0.2) is 10.1 Å². The minimum absolute atomic E-state index is 0.552.